The van der Waals surface area contributed by atoms with Crippen LogP contribution >= 0.6 is 0 Å². The lowest BCUT2D eigenvalue weighted by atomic mass is 9.82. The van der Waals surface area contributed by atoms with Gasteiger partial charge in [0.05, 0.1) is 22.4 Å². The molecule has 7 rings (SSSR count). The van der Waals surface area contributed by atoms with Crippen LogP contribution < -0.4 is 4.74 Å². The molecule has 0 saturated heterocycles. The largest absolute Gasteiger partial charge is 0.457 e. The number of aromatic nitrogens is 4. The highest BCUT2D eigenvalue weighted by molar-refractivity contribution is 6.09. The Labute approximate surface area is 283 Å². The zero-order chi connectivity index (χ0) is 33.7. The van der Waals surface area contributed by atoms with Gasteiger partial charge in [0, 0.05) is 40.4 Å². The van der Waals surface area contributed by atoms with Crippen molar-refractivity contribution < 1.29 is 4.74 Å². The maximum absolute atomic E-state index is 6.73. The minimum Gasteiger partial charge on any atom is -0.457 e. The van der Waals surface area contributed by atoms with Gasteiger partial charge in [-0.25, -0.2) is 9.67 Å². The summed E-state index contributed by atoms with van der Waals surface area (Å²) in [6, 6.07) is 34.5. The van der Waals surface area contributed by atoms with E-state index in [0.29, 0.717) is 5.92 Å². The average molecular weight is 633 g/mol. The average Bonchev–Trinajstić information content (AvgIpc) is 3.56. The van der Waals surface area contributed by atoms with Crippen LogP contribution in [0.4, 0.5) is 0 Å². The molecule has 48 heavy (non-hydrogen) atoms. The number of ether oxygens (including phenoxy) is 1. The number of aryl methyl sites for hydroxylation is 2. The van der Waals surface area contributed by atoms with E-state index >= 15 is 0 Å². The molecule has 0 aliphatic carbocycles. The molecule has 0 unspecified atom stereocenters. The molecule has 0 amide bonds. The summed E-state index contributed by atoms with van der Waals surface area (Å²) in [6.07, 6.45) is 2.95. The van der Waals surface area contributed by atoms with Crippen LogP contribution in [0.5, 0.6) is 11.5 Å². The summed E-state index contributed by atoms with van der Waals surface area (Å²) in [5, 5.41) is 7.41. The number of rotatable bonds is 8. The summed E-state index contributed by atoms with van der Waals surface area (Å²) in [4.78, 5) is 4.81. The maximum Gasteiger partial charge on any atom is 0.137 e. The third-order valence-electron chi connectivity index (χ3n) is 9.95. The topological polar surface area (TPSA) is 44.9 Å². The summed E-state index contributed by atoms with van der Waals surface area (Å²) in [7, 11) is 0. The number of nitrogens with zero attached hydrogens (tertiary/aromatic N) is 4. The molecule has 3 heterocycles. The van der Waals surface area contributed by atoms with Gasteiger partial charge in [0.1, 0.15) is 17.3 Å². The zero-order valence-corrected chi connectivity index (χ0v) is 29.3. The molecular formula is C43H44N4O. The molecule has 0 aliphatic heterocycles. The number of hydrogen-bond acceptors (Lipinski definition) is 3. The molecule has 0 atom stereocenters. The summed E-state index contributed by atoms with van der Waals surface area (Å²) in [5.41, 5.74) is 11.4. The molecule has 0 spiro atoms. The Hall–Kier alpha value is -5.16. The molecule has 3 aromatic heterocycles. The first-order valence-electron chi connectivity index (χ1n) is 17.0. The van der Waals surface area contributed by atoms with Crippen LogP contribution in [0.25, 0.3) is 44.4 Å². The second-order valence-electron chi connectivity index (χ2n) is 14.0. The Bertz CT molecular complexity index is 2290. The lowest BCUT2D eigenvalue weighted by Gasteiger charge is -2.23. The van der Waals surface area contributed by atoms with E-state index in [1.807, 2.05) is 18.3 Å². The number of pyridine rings is 1. The van der Waals surface area contributed by atoms with E-state index in [0.717, 1.165) is 51.8 Å². The smallest absolute Gasteiger partial charge is 0.137 e. The van der Waals surface area contributed by atoms with Gasteiger partial charge in [-0.2, -0.15) is 5.10 Å². The van der Waals surface area contributed by atoms with Crippen LogP contribution in [0.1, 0.15) is 75.0 Å². The van der Waals surface area contributed by atoms with Gasteiger partial charge in [0.2, 0.25) is 0 Å². The fourth-order valence-electron chi connectivity index (χ4n) is 6.75. The Kier molecular flexibility index (Phi) is 7.95. The fraction of sp³-hybridized carbons (Fsp3) is 0.256. The Morgan fingerprint density at radius 2 is 1.56 bits per heavy atom. The highest BCUT2D eigenvalue weighted by Crippen LogP contribution is 2.39. The van der Waals surface area contributed by atoms with Gasteiger partial charge in [-0.15, -0.1) is 0 Å². The third kappa shape index (κ3) is 5.57. The molecule has 0 fully saturated rings. The predicted octanol–water partition coefficient (Wildman–Crippen LogP) is 11.6. The van der Waals surface area contributed by atoms with Crippen LogP contribution in [0.3, 0.4) is 0 Å². The summed E-state index contributed by atoms with van der Waals surface area (Å²) < 4.78 is 11.1. The van der Waals surface area contributed by atoms with Gasteiger partial charge in [0.15, 0.2) is 0 Å². The van der Waals surface area contributed by atoms with E-state index in [-0.39, 0.29) is 5.41 Å². The zero-order valence-electron chi connectivity index (χ0n) is 29.3. The quantitative estimate of drug-likeness (QED) is 0.167. The van der Waals surface area contributed by atoms with Crippen LogP contribution in [-0.4, -0.2) is 19.3 Å². The minimum atomic E-state index is 0.0831. The molecule has 0 aliphatic rings. The molecule has 0 N–H and O–H groups in total. The van der Waals surface area contributed by atoms with Crippen molar-refractivity contribution in [3.8, 4) is 34.1 Å². The Morgan fingerprint density at radius 3 is 2.29 bits per heavy atom. The lowest BCUT2D eigenvalue weighted by Crippen LogP contribution is -2.15. The van der Waals surface area contributed by atoms with E-state index in [4.69, 9.17) is 14.8 Å². The van der Waals surface area contributed by atoms with Crippen molar-refractivity contribution in [3.63, 3.8) is 0 Å². The molecule has 0 radical (unpaired) electrons. The second-order valence-corrected chi connectivity index (χ2v) is 14.0. The van der Waals surface area contributed by atoms with E-state index in [2.05, 4.69) is 150 Å². The number of benzene rings is 4. The van der Waals surface area contributed by atoms with Crippen molar-refractivity contribution >= 4 is 21.8 Å². The normalized spacial score (nSPS) is 12.0. The SMILES string of the molecule is CCC(C)(C)c1ccc2c(c1)c1ccc(Oc3cc(C(C)C)cc(-n4nc(C)c(-c5ccccc5)c4C)c3)cc1n2-c1cc(C)ccn1. The standard InChI is InChI=1S/C43H44N4O/c1-9-43(7,8)33-15-18-39-38(24-33)37-17-16-35(26-40(37)46(39)41-21-28(4)19-20-44-41)48-36-23-32(27(2)3)22-34(25-36)47-30(6)42(29(5)45-47)31-13-11-10-12-14-31/h10-27H,9H2,1-8H3. The van der Waals surface area contributed by atoms with E-state index in [9.17, 15) is 0 Å². The van der Waals surface area contributed by atoms with Gasteiger partial charge in [-0.1, -0.05) is 71.0 Å². The molecule has 5 heteroatoms. The summed E-state index contributed by atoms with van der Waals surface area (Å²) in [6.45, 7) is 17.7. The monoisotopic (exact) mass is 632 g/mol. The molecule has 4 aromatic carbocycles. The first-order chi connectivity index (χ1) is 23.0. The van der Waals surface area contributed by atoms with Crippen molar-refractivity contribution in [2.24, 2.45) is 0 Å². The minimum absolute atomic E-state index is 0.0831. The van der Waals surface area contributed by atoms with E-state index < -0.39 is 0 Å². The van der Waals surface area contributed by atoms with Crippen LogP contribution in [-0.2, 0) is 5.41 Å². The number of fused-ring (bicyclic) bond motifs is 3. The molecular weight excluding hydrogens is 589 g/mol. The van der Waals surface area contributed by atoms with Crippen LogP contribution in [0.2, 0.25) is 0 Å². The van der Waals surface area contributed by atoms with Crippen molar-refractivity contribution in [2.75, 3.05) is 0 Å². The lowest BCUT2D eigenvalue weighted by molar-refractivity contribution is 0.481. The molecule has 7 aromatic rings. The van der Waals surface area contributed by atoms with Gasteiger partial charge in [-0.3, -0.25) is 4.57 Å². The Morgan fingerprint density at radius 1 is 0.771 bits per heavy atom. The Balaban J connectivity index is 1.36. The third-order valence-corrected chi connectivity index (χ3v) is 9.95. The van der Waals surface area contributed by atoms with E-state index in [1.54, 1.807) is 0 Å². The molecule has 242 valence electrons. The first-order valence-corrected chi connectivity index (χ1v) is 17.0. The second kappa shape index (κ2) is 12.1. The van der Waals surface area contributed by atoms with E-state index in [1.165, 1.54) is 38.6 Å². The van der Waals surface area contributed by atoms with Crippen molar-refractivity contribution in [2.45, 2.75) is 73.1 Å². The van der Waals surface area contributed by atoms with Gasteiger partial charge in [-0.05, 0) is 109 Å². The molecule has 0 bridgehead atoms. The van der Waals surface area contributed by atoms with Crippen LogP contribution in [0.15, 0.2) is 103 Å². The molecule has 0 saturated carbocycles. The fourth-order valence-corrected chi connectivity index (χ4v) is 6.75. The first kappa shape index (κ1) is 31.4. The summed E-state index contributed by atoms with van der Waals surface area (Å²) >= 11 is 0. The van der Waals surface area contributed by atoms with Crippen molar-refractivity contribution in [1.82, 2.24) is 19.3 Å². The number of hydrogen-bond donors (Lipinski definition) is 0. The van der Waals surface area contributed by atoms with Crippen LogP contribution in [0, 0.1) is 20.8 Å². The molecule has 5 nitrogen and oxygen atoms in total. The van der Waals surface area contributed by atoms with Crippen molar-refractivity contribution in [1.29, 1.82) is 0 Å². The highest BCUT2D eigenvalue weighted by Gasteiger charge is 2.22. The van der Waals surface area contributed by atoms with Gasteiger partial charge in [0.25, 0.3) is 0 Å². The van der Waals surface area contributed by atoms with Crippen molar-refractivity contribution in [3.05, 3.63) is 131 Å². The van der Waals surface area contributed by atoms with Gasteiger partial charge < -0.3 is 4.74 Å². The summed E-state index contributed by atoms with van der Waals surface area (Å²) in [5.74, 6) is 2.78. The van der Waals surface area contributed by atoms with Gasteiger partial charge >= 0.3 is 0 Å². The maximum atomic E-state index is 6.73. The predicted molar refractivity (Wildman–Crippen MR) is 199 cm³/mol. The highest BCUT2D eigenvalue weighted by atomic mass is 16.5.